The predicted octanol–water partition coefficient (Wildman–Crippen LogP) is 2.98. The van der Waals surface area contributed by atoms with Gasteiger partial charge in [-0.25, -0.2) is 4.98 Å². The molecule has 18 heavy (non-hydrogen) atoms. The maximum absolute atomic E-state index is 11.8. The van der Waals surface area contributed by atoms with Crippen LogP contribution in [0.4, 0.5) is 0 Å². The quantitative estimate of drug-likeness (QED) is 0.790. The minimum atomic E-state index is 0.0954. The predicted molar refractivity (Wildman–Crippen MR) is 75.4 cm³/mol. The summed E-state index contributed by atoms with van der Waals surface area (Å²) in [5.74, 6) is 0.466. The minimum absolute atomic E-state index is 0.0954. The van der Waals surface area contributed by atoms with Crippen molar-refractivity contribution in [3.8, 4) is 0 Å². The van der Waals surface area contributed by atoms with Gasteiger partial charge in [0.25, 0.3) is 5.56 Å². The lowest BCUT2D eigenvalue weighted by Crippen LogP contribution is -2.21. The number of nitrogens with zero attached hydrogens (tertiary/aromatic N) is 2. The third-order valence-electron chi connectivity index (χ3n) is 2.74. The van der Waals surface area contributed by atoms with E-state index in [1.807, 2.05) is 30.6 Å². The molecule has 96 valence electrons. The number of alkyl halides is 1. The fourth-order valence-corrected chi connectivity index (χ4v) is 2.83. The molecule has 0 amide bonds. The molecule has 0 saturated heterocycles. The molecule has 2 heterocycles. The van der Waals surface area contributed by atoms with E-state index in [4.69, 9.17) is 11.6 Å². The van der Waals surface area contributed by atoms with E-state index in [0.717, 1.165) is 35.7 Å². The zero-order chi connectivity index (χ0) is 13.0. The van der Waals surface area contributed by atoms with Gasteiger partial charge < -0.3 is 4.57 Å². The number of pyridine rings is 1. The molecule has 0 atom stereocenters. The van der Waals surface area contributed by atoms with E-state index < -0.39 is 0 Å². The molecule has 0 N–H and O–H groups in total. The maximum atomic E-state index is 11.8. The molecule has 2 aromatic heterocycles. The van der Waals surface area contributed by atoms with E-state index in [2.05, 4.69) is 4.98 Å². The lowest BCUT2D eigenvalue weighted by Gasteiger charge is -2.05. The second kappa shape index (κ2) is 6.16. The van der Waals surface area contributed by atoms with Crippen LogP contribution in [0, 0.1) is 6.92 Å². The van der Waals surface area contributed by atoms with E-state index in [9.17, 15) is 4.79 Å². The van der Waals surface area contributed by atoms with Crippen molar-refractivity contribution in [2.75, 3.05) is 0 Å². The second-order valence-electron chi connectivity index (χ2n) is 4.16. The van der Waals surface area contributed by atoms with Crippen LogP contribution in [0.2, 0.25) is 0 Å². The van der Waals surface area contributed by atoms with E-state index in [0.29, 0.717) is 5.88 Å². The van der Waals surface area contributed by atoms with Crippen molar-refractivity contribution in [1.29, 1.82) is 0 Å². The Bertz CT molecular complexity index is 576. The number of aromatic nitrogens is 2. The highest BCUT2D eigenvalue weighted by Crippen LogP contribution is 2.13. The molecule has 2 rings (SSSR count). The number of rotatable bonds is 5. The summed E-state index contributed by atoms with van der Waals surface area (Å²) < 4.78 is 1.76. The fourth-order valence-electron chi connectivity index (χ4n) is 1.76. The monoisotopic (exact) mass is 282 g/mol. The van der Waals surface area contributed by atoms with Crippen LogP contribution < -0.4 is 5.56 Å². The largest absolute Gasteiger partial charge is 0.315 e. The van der Waals surface area contributed by atoms with Crippen molar-refractivity contribution in [3.05, 3.63) is 50.3 Å². The molecule has 0 aliphatic rings. The van der Waals surface area contributed by atoms with Crippen LogP contribution in [0.5, 0.6) is 0 Å². The van der Waals surface area contributed by atoms with Gasteiger partial charge in [-0.05, 0) is 19.4 Å². The van der Waals surface area contributed by atoms with Crippen molar-refractivity contribution in [2.24, 2.45) is 0 Å². The summed E-state index contributed by atoms with van der Waals surface area (Å²) in [7, 11) is 0. The van der Waals surface area contributed by atoms with Crippen LogP contribution in [0.25, 0.3) is 0 Å². The van der Waals surface area contributed by atoms with E-state index in [1.165, 1.54) is 0 Å². The molecule has 5 heteroatoms. The summed E-state index contributed by atoms with van der Waals surface area (Å²) in [6.07, 6.45) is 3.64. The first-order chi connectivity index (χ1) is 8.70. The summed E-state index contributed by atoms with van der Waals surface area (Å²) in [5, 5.41) is 3.08. The minimum Gasteiger partial charge on any atom is -0.315 e. The van der Waals surface area contributed by atoms with Crippen molar-refractivity contribution < 1.29 is 0 Å². The Kier molecular flexibility index (Phi) is 4.55. The second-order valence-corrected chi connectivity index (χ2v) is 5.37. The number of halogens is 1. The Labute approximate surface area is 115 Å². The highest BCUT2D eigenvalue weighted by atomic mass is 35.5. The molecule has 0 unspecified atom stereocenters. The van der Waals surface area contributed by atoms with Crippen LogP contribution in [0.3, 0.4) is 0 Å². The molecule has 0 aromatic carbocycles. The number of thiazole rings is 1. The number of hydrogen-bond donors (Lipinski definition) is 0. The van der Waals surface area contributed by atoms with E-state index in [-0.39, 0.29) is 5.56 Å². The first-order valence-corrected chi connectivity index (χ1v) is 7.27. The van der Waals surface area contributed by atoms with Crippen molar-refractivity contribution in [3.63, 3.8) is 0 Å². The molecule has 0 spiro atoms. The van der Waals surface area contributed by atoms with Crippen LogP contribution in [0.1, 0.15) is 22.7 Å². The Balaban J connectivity index is 1.92. The average molecular weight is 283 g/mol. The normalized spacial score (nSPS) is 10.8. The Morgan fingerprint density at radius 2 is 2.33 bits per heavy atom. The Hall–Kier alpha value is -1.13. The highest BCUT2D eigenvalue weighted by molar-refractivity contribution is 7.09. The molecule has 0 radical (unpaired) electrons. The zero-order valence-corrected chi connectivity index (χ0v) is 11.8. The average Bonchev–Trinajstić information content (AvgIpc) is 2.82. The van der Waals surface area contributed by atoms with Gasteiger partial charge in [0.15, 0.2) is 0 Å². The van der Waals surface area contributed by atoms with Crippen LogP contribution in [-0.4, -0.2) is 9.55 Å². The summed E-state index contributed by atoms with van der Waals surface area (Å²) in [6, 6.07) is 3.75. The standard InChI is InChI=1S/C13H15ClN2OS/c1-10-4-2-6-16(13(10)17)7-3-5-12-15-11(8-14)9-18-12/h2,4,6,9H,3,5,7-8H2,1H3. The van der Waals surface area contributed by atoms with E-state index >= 15 is 0 Å². The van der Waals surface area contributed by atoms with Crippen molar-refractivity contribution in [2.45, 2.75) is 32.2 Å². The maximum Gasteiger partial charge on any atom is 0.253 e. The number of hydrogen-bond acceptors (Lipinski definition) is 3. The zero-order valence-electron chi connectivity index (χ0n) is 10.2. The van der Waals surface area contributed by atoms with Crippen molar-refractivity contribution in [1.82, 2.24) is 9.55 Å². The van der Waals surface area contributed by atoms with Crippen LogP contribution in [0.15, 0.2) is 28.5 Å². The summed E-state index contributed by atoms with van der Waals surface area (Å²) in [4.78, 5) is 16.2. The van der Waals surface area contributed by atoms with E-state index in [1.54, 1.807) is 15.9 Å². The third-order valence-corrected chi connectivity index (χ3v) is 3.97. The first-order valence-electron chi connectivity index (χ1n) is 5.86. The smallest absolute Gasteiger partial charge is 0.253 e. The molecule has 2 aromatic rings. The molecular formula is C13H15ClN2OS. The SMILES string of the molecule is Cc1cccn(CCCc2nc(CCl)cs2)c1=O. The molecule has 0 bridgehead atoms. The Morgan fingerprint density at radius 3 is 3.06 bits per heavy atom. The first kappa shape index (κ1) is 13.3. The lowest BCUT2D eigenvalue weighted by molar-refractivity contribution is 0.618. The summed E-state index contributed by atoms with van der Waals surface area (Å²) >= 11 is 7.34. The summed E-state index contributed by atoms with van der Waals surface area (Å²) in [6.45, 7) is 2.57. The highest BCUT2D eigenvalue weighted by Gasteiger charge is 2.02. The van der Waals surface area contributed by atoms with Crippen LogP contribution >= 0.6 is 22.9 Å². The van der Waals surface area contributed by atoms with Gasteiger partial charge in [0.2, 0.25) is 0 Å². The van der Waals surface area contributed by atoms with Crippen molar-refractivity contribution >= 4 is 22.9 Å². The summed E-state index contributed by atoms with van der Waals surface area (Å²) in [5.41, 5.74) is 1.82. The topological polar surface area (TPSA) is 34.9 Å². The molecule has 0 fully saturated rings. The molecule has 0 aliphatic carbocycles. The molecule has 0 saturated carbocycles. The van der Waals surface area contributed by atoms with Gasteiger partial charge in [-0.15, -0.1) is 22.9 Å². The van der Waals surface area contributed by atoms with Crippen LogP contribution in [-0.2, 0) is 18.8 Å². The number of aryl methyl sites for hydroxylation is 3. The fraction of sp³-hybridized carbons (Fsp3) is 0.385. The Morgan fingerprint density at radius 1 is 1.50 bits per heavy atom. The van der Waals surface area contributed by atoms with Gasteiger partial charge in [0.1, 0.15) is 0 Å². The lowest BCUT2D eigenvalue weighted by atomic mass is 10.3. The van der Waals surface area contributed by atoms with Gasteiger partial charge in [-0.3, -0.25) is 4.79 Å². The third kappa shape index (κ3) is 3.21. The molecule has 0 aliphatic heterocycles. The van der Waals surface area contributed by atoms with Gasteiger partial charge in [-0.2, -0.15) is 0 Å². The van der Waals surface area contributed by atoms with Gasteiger partial charge in [-0.1, -0.05) is 6.07 Å². The van der Waals surface area contributed by atoms with Gasteiger partial charge in [0.05, 0.1) is 16.6 Å². The molecule has 3 nitrogen and oxygen atoms in total. The van der Waals surface area contributed by atoms with Gasteiger partial charge in [0, 0.05) is 30.1 Å². The molecular weight excluding hydrogens is 268 g/mol. The van der Waals surface area contributed by atoms with Gasteiger partial charge >= 0.3 is 0 Å².